The number of nitrogens with zero attached hydrogens (tertiary/aromatic N) is 2. The Labute approximate surface area is 136 Å². The molecule has 1 aromatic carbocycles. The maximum Gasteiger partial charge on any atom is 0.253 e. The minimum absolute atomic E-state index is 0.0962. The summed E-state index contributed by atoms with van der Waals surface area (Å²) in [6, 6.07) is 6.03. The van der Waals surface area contributed by atoms with E-state index in [1.54, 1.807) is 4.90 Å². The lowest BCUT2D eigenvalue weighted by atomic mass is 9.98. The molecule has 0 aliphatic carbocycles. The van der Waals surface area contributed by atoms with E-state index in [1.807, 2.05) is 32.2 Å². The average Bonchev–Trinajstić information content (AvgIpc) is 2.90. The van der Waals surface area contributed by atoms with Gasteiger partial charge in [-0.3, -0.25) is 4.79 Å². The molecule has 3 rings (SSSR count). The number of anilines is 1. The molecule has 5 nitrogen and oxygen atoms in total. The predicted molar refractivity (Wildman–Crippen MR) is 89.8 cm³/mol. The predicted octanol–water partition coefficient (Wildman–Crippen LogP) is 3.35. The molecule has 2 aromatic rings. The van der Waals surface area contributed by atoms with E-state index in [9.17, 15) is 4.79 Å². The van der Waals surface area contributed by atoms with E-state index in [2.05, 4.69) is 24.3 Å². The van der Waals surface area contributed by atoms with Crippen LogP contribution in [0.3, 0.4) is 0 Å². The zero-order chi connectivity index (χ0) is 16.6. The molecule has 0 saturated heterocycles. The minimum Gasteiger partial charge on any atom is -0.381 e. The van der Waals surface area contributed by atoms with E-state index in [0.29, 0.717) is 12.5 Å². The maximum absolute atomic E-state index is 12.3. The van der Waals surface area contributed by atoms with E-state index in [4.69, 9.17) is 4.52 Å². The Kier molecular flexibility index (Phi) is 4.11. The van der Waals surface area contributed by atoms with Crippen molar-refractivity contribution < 1.29 is 9.32 Å². The third kappa shape index (κ3) is 2.96. The highest BCUT2D eigenvalue weighted by Gasteiger charge is 2.22. The molecule has 0 radical (unpaired) electrons. The highest BCUT2D eigenvalue weighted by molar-refractivity contribution is 5.97. The lowest BCUT2D eigenvalue weighted by Crippen LogP contribution is -2.34. The molecule has 0 fully saturated rings. The van der Waals surface area contributed by atoms with Crippen molar-refractivity contribution in [2.75, 3.05) is 18.9 Å². The van der Waals surface area contributed by atoms with Gasteiger partial charge in [0.25, 0.3) is 5.91 Å². The molecule has 1 aliphatic rings. The van der Waals surface area contributed by atoms with E-state index >= 15 is 0 Å². The zero-order valence-electron chi connectivity index (χ0n) is 14.1. The van der Waals surface area contributed by atoms with Crippen LogP contribution in [-0.2, 0) is 13.0 Å². The molecule has 0 unspecified atom stereocenters. The smallest absolute Gasteiger partial charge is 0.253 e. The van der Waals surface area contributed by atoms with Gasteiger partial charge in [0.1, 0.15) is 5.76 Å². The van der Waals surface area contributed by atoms with Crippen LogP contribution in [0.4, 0.5) is 5.69 Å². The molecule has 0 atom stereocenters. The van der Waals surface area contributed by atoms with Gasteiger partial charge in [-0.1, -0.05) is 25.1 Å². The number of likely N-dealkylation sites (N-methyl/N-ethyl adjacent to an activating group) is 1. The van der Waals surface area contributed by atoms with Crippen molar-refractivity contribution in [2.24, 2.45) is 0 Å². The first kappa shape index (κ1) is 15.6. The molecule has 122 valence electrons. The normalized spacial score (nSPS) is 14.3. The summed E-state index contributed by atoms with van der Waals surface area (Å²) >= 11 is 0. The molecule has 1 amide bonds. The van der Waals surface area contributed by atoms with Gasteiger partial charge in [-0.15, -0.1) is 0 Å². The summed E-state index contributed by atoms with van der Waals surface area (Å²) in [5.74, 6) is 1.31. The highest BCUT2D eigenvalue weighted by Crippen LogP contribution is 2.25. The van der Waals surface area contributed by atoms with Gasteiger partial charge in [0.2, 0.25) is 0 Å². The number of hydrogen-bond acceptors (Lipinski definition) is 4. The van der Waals surface area contributed by atoms with Crippen LogP contribution in [0.25, 0.3) is 0 Å². The molecule has 23 heavy (non-hydrogen) atoms. The van der Waals surface area contributed by atoms with Crippen molar-refractivity contribution in [3.05, 3.63) is 46.3 Å². The second-order valence-electron chi connectivity index (χ2n) is 6.47. The number of carbonyl (C=O) groups is 1. The summed E-state index contributed by atoms with van der Waals surface area (Å²) in [6.45, 7) is 7.58. The number of aromatic nitrogens is 1. The second kappa shape index (κ2) is 6.07. The van der Waals surface area contributed by atoms with Crippen LogP contribution in [-0.4, -0.2) is 29.6 Å². The number of amides is 1. The van der Waals surface area contributed by atoms with Gasteiger partial charge in [0, 0.05) is 42.9 Å². The first-order chi connectivity index (χ1) is 11.0. The topological polar surface area (TPSA) is 58.4 Å². The maximum atomic E-state index is 12.3. The van der Waals surface area contributed by atoms with Gasteiger partial charge < -0.3 is 14.7 Å². The van der Waals surface area contributed by atoms with Crippen LogP contribution in [0.5, 0.6) is 0 Å². The van der Waals surface area contributed by atoms with Crippen molar-refractivity contribution in [2.45, 2.75) is 39.7 Å². The number of rotatable bonds is 4. The Morgan fingerprint density at radius 3 is 2.91 bits per heavy atom. The number of benzene rings is 1. The molecular formula is C18H23N3O2. The van der Waals surface area contributed by atoms with Gasteiger partial charge in [-0.05, 0) is 31.0 Å². The molecule has 5 heteroatoms. The summed E-state index contributed by atoms with van der Waals surface area (Å²) in [6.07, 6.45) is 0.917. The number of fused-ring (bicyclic) bond motifs is 1. The third-order valence-electron chi connectivity index (χ3n) is 4.41. The number of aryl methyl sites for hydroxylation is 1. The van der Waals surface area contributed by atoms with Crippen molar-refractivity contribution >= 4 is 11.6 Å². The van der Waals surface area contributed by atoms with Gasteiger partial charge >= 0.3 is 0 Å². The average molecular weight is 313 g/mol. The zero-order valence-corrected chi connectivity index (χ0v) is 14.1. The first-order valence-corrected chi connectivity index (χ1v) is 8.04. The molecule has 1 N–H and O–H groups in total. The van der Waals surface area contributed by atoms with Crippen LogP contribution >= 0.6 is 0 Å². The van der Waals surface area contributed by atoms with Crippen molar-refractivity contribution in [3.8, 4) is 0 Å². The summed E-state index contributed by atoms with van der Waals surface area (Å²) in [7, 11) is 1.85. The monoisotopic (exact) mass is 313 g/mol. The van der Waals surface area contributed by atoms with Gasteiger partial charge in [-0.25, -0.2) is 0 Å². The van der Waals surface area contributed by atoms with Crippen LogP contribution in [0, 0.1) is 6.92 Å². The fourth-order valence-corrected chi connectivity index (χ4v) is 2.96. The molecule has 0 saturated carbocycles. The molecule has 0 bridgehead atoms. The molecule has 2 heterocycles. The number of hydrogen-bond donors (Lipinski definition) is 1. The summed E-state index contributed by atoms with van der Waals surface area (Å²) in [5, 5.41) is 7.46. The highest BCUT2D eigenvalue weighted by atomic mass is 16.5. The standard InChI is InChI=1S/C18H23N3O2/c1-11(2)17-16(12(3)20-23-17)10-19-14-6-5-13-7-8-21(4)18(22)15(13)9-14/h5-6,9,11,19H,7-8,10H2,1-4H3. The summed E-state index contributed by atoms with van der Waals surface area (Å²) in [4.78, 5) is 14.0. The lowest BCUT2D eigenvalue weighted by Gasteiger charge is -2.25. The van der Waals surface area contributed by atoms with E-state index < -0.39 is 0 Å². The number of carbonyl (C=O) groups excluding carboxylic acids is 1. The van der Waals surface area contributed by atoms with E-state index in [0.717, 1.165) is 46.8 Å². The number of nitrogens with one attached hydrogen (secondary N) is 1. The molecule has 0 spiro atoms. The molecule has 1 aromatic heterocycles. The van der Waals surface area contributed by atoms with Gasteiger partial charge in [0.15, 0.2) is 0 Å². The molecular weight excluding hydrogens is 290 g/mol. The van der Waals surface area contributed by atoms with E-state index in [-0.39, 0.29) is 5.91 Å². The fraction of sp³-hybridized carbons (Fsp3) is 0.444. The second-order valence-corrected chi connectivity index (χ2v) is 6.47. The Hall–Kier alpha value is -2.30. The Morgan fingerprint density at radius 1 is 1.39 bits per heavy atom. The Bertz CT molecular complexity index is 734. The van der Waals surface area contributed by atoms with Gasteiger partial charge in [-0.2, -0.15) is 0 Å². The van der Waals surface area contributed by atoms with Crippen LogP contribution < -0.4 is 5.32 Å². The SMILES string of the molecule is Cc1noc(C(C)C)c1CNc1ccc2c(c1)C(=O)N(C)CC2. The van der Waals surface area contributed by atoms with Crippen LogP contribution in [0.2, 0.25) is 0 Å². The van der Waals surface area contributed by atoms with Crippen molar-refractivity contribution in [1.29, 1.82) is 0 Å². The van der Waals surface area contributed by atoms with Crippen LogP contribution in [0.1, 0.15) is 52.7 Å². The molecule has 1 aliphatic heterocycles. The Morgan fingerprint density at radius 2 is 2.17 bits per heavy atom. The van der Waals surface area contributed by atoms with Crippen molar-refractivity contribution in [1.82, 2.24) is 10.1 Å². The van der Waals surface area contributed by atoms with Gasteiger partial charge in [0.05, 0.1) is 5.69 Å². The minimum atomic E-state index is 0.0962. The quantitative estimate of drug-likeness (QED) is 0.940. The summed E-state index contributed by atoms with van der Waals surface area (Å²) < 4.78 is 5.42. The third-order valence-corrected chi connectivity index (χ3v) is 4.41. The first-order valence-electron chi connectivity index (χ1n) is 8.04. The van der Waals surface area contributed by atoms with Crippen LogP contribution in [0.15, 0.2) is 22.7 Å². The largest absolute Gasteiger partial charge is 0.381 e. The van der Waals surface area contributed by atoms with E-state index in [1.165, 1.54) is 0 Å². The lowest BCUT2D eigenvalue weighted by molar-refractivity contribution is 0.0781. The Balaban J connectivity index is 1.80. The summed E-state index contributed by atoms with van der Waals surface area (Å²) in [5.41, 5.74) is 4.89. The van der Waals surface area contributed by atoms with Crippen molar-refractivity contribution in [3.63, 3.8) is 0 Å². The fourth-order valence-electron chi connectivity index (χ4n) is 2.96.